The van der Waals surface area contributed by atoms with Crippen molar-refractivity contribution >= 4 is 51.3 Å². The van der Waals surface area contributed by atoms with Crippen LogP contribution in [0.4, 0.5) is 0 Å². The lowest BCUT2D eigenvalue weighted by molar-refractivity contribution is 0.303. The number of hydrogen-bond donors (Lipinski definition) is 5. The van der Waals surface area contributed by atoms with E-state index in [4.69, 9.17) is 49.7 Å². The van der Waals surface area contributed by atoms with Gasteiger partial charge in [0.15, 0.2) is 4.31 Å². The van der Waals surface area contributed by atoms with Gasteiger partial charge in [-0.15, -0.1) is 9.79 Å². The maximum atomic E-state index is 9.39. The highest BCUT2D eigenvalue weighted by molar-refractivity contribution is 7.46. The number of alkyl halides is 3. The lowest BCUT2D eigenvalue weighted by Crippen LogP contribution is -2.06. The number of rotatable bonds is 2. The summed E-state index contributed by atoms with van der Waals surface area (Å²) in [5.41, 5.74) is 0. The topological polar surface area (TPSA) is 174 Å². The molecule has 0 fully saturated rings. The Balaban J connectivity index is -0.0000000718. The summed E-state index contributed by atoms with van der Waals surface area (Å²) in [6.07, 6.45) is 0. The van der Waals surface area contributed by atoms with Crippen LogP contribution in [0.15, 0.2) is 0 Å². The molecule has 8 nitrogen and oxygen atoms in total. The van der Waals surface area contributed by atoms with Crippen molar-refractivity contribution in [3.63, 3.8) is 0 Å². The Bertz CT molecular complexity index is 176. The standard InChI is InChI=1S/C2H3Cl3O.2H3N.O5P2/c3-2(4,5)1-6;;;1-6(2)5-7(3)4/h6H,1H2;2*1H3;/p+2. The van der Waals surface area contributed by atoms with Crippen LogP contribution in [0.25, 0.3) is 0 Å². The zero-order valence-corrected chi connectivity index (χ0v) is 11.3. The second-order valence-electron chi connectivity index (χ2n) is 1.33. The van der Waals surface area contributed by atoms with E-state index in [9.17, 15) is 9.13 Å². The Kier molecular flexibility index (Phi) is 21.4. The minimum absolute atomic E-state index is 0. The van der Waals surface area contributed by atoms with Crippen molar-refractivity contribution in [2.75, 3.05) is 6.61 Å². The van der Waals surface area contributed by atoms with Gasteiger partial charge >= 0.3 is 16.5 Å². The molecule has 0 spiro atoms. The summed E-state index contributed by atoms with van der Waals surface area (Å²) in [7, 11) is -5.85. The van der Waals surface area contributed by atoms with Gasteiger partial charge in [0.1, 0.15) is 0 Å². The van der Waals surface area contributed by atoms with Crippen molar-refractivity contribution in [2.45, 2.75) is 3.79 Å². The molecule has 15 heavy (non-hydrogen) atoms. The first kappa shape index (κ1) is 24.9. The predicted octanol–water partition coefficient (Wildman–Crippen LogP) is 1.98. The molecular weight excluding hydrogens is 316 g/mol. The van der Waals surface area contributed by atoms with Crippen LogP contribution in [-0.4, -0.2) is 25.3 Å². The van der Waals surface area contributed by atoms with Gasteiger partial charge in [-0.05, 0) is 0 Å². The zero-order chi connectivity index (χ0) is 11.1. The summed E-state index contributed by atoms with van der Waals surface area (Å²) >= 11 is 15.0. The van der Waals surface area contributed by atoms with Gasteiger partial charge in [0.25, 0.3) is 0 Å². The molecule has 2 unspecified atom stereocenters. The molecule has 0 saturated carbocycles. The lowest BCUT2D eigenvalue weighted by Gasteiger charge is -2.01. The van der Waals surface area contributed by atoms with Crippen LogP contribution < -0.4 is 12.3 Å². The minimum atomic E-state index is -2.92. The first-order chi connectivity index (χ1) is 5.69. The predicted molar refractivity (Wildman–Crippen MR) is 58.2 cm³/mol. The van der Waals surface area contributed by atoms with Gasteiger partial charge in [0, 0.05) is 9.13 Å². The monoisotopic (exact) mass is 326 g/mol. The highest BCUT2D eigenvalue weighted by atomic mass is 35.6. The summed E-state index contributed by atoms with van der Waals surface area (Å²) in [6, 6.07) is 0. The van der Waals surface area contributed by atoms with E-state index in [1.165, 1.54) is 0 Å². The molecule has 0 bridgehead atoms. The average Bonchev–Trinajstić information content (AvgIpc) is 1.84. The Hall–Kier alpha value is 0.830. The van der Waals surface area contributed by atoms with Crippen molar-refractivity contribution < 1.29 is 28.3 Å². The van der Waals surface area contributed by atoms with Gasteiger partial charge < -0.3 is 17.4 Å². The van der Waals surface area contributed by atoms with Crippen molar-refractivity contribution in [3.05, 3.63) is 0 Å². The summed E-state index contributed by atoms with van der Waals surface area (Å²) in [5.74, 6) is 0. The molecule has 13 heteroatoms. The maximum Gasteiger partial charge on any atom is 0.745 e. The minimum Gasteiger partial charge on any atom is -0.392 e. The quantitative estimate of drug-likeness (QED) is 0.378. The molecule has 0 aliphatic heterocycles. The Labute approximate surface area is 103 Å². The summed E-state index contributed by atoms with van der Waals surface area (Å²) in [4.78, 5) is 15.3. The molecule has 9 N–H and O–H groups in total. The van der Waals surface area contributed by atoms with Crippen LogP contribution in [-0.2, 0) is 13.4 Å². The number of aliphatic hydroxyl groups is 1. The van der Waals surface area contributed by atoms with Gasteiger partial charge in [-0.3, -0.25) is 0 Å². The van der Waals surface area contributed by atoms with E-state index >= 15 is 0 Å². The first-order valence-electron chi connectivity index (χ1n) is 2.37. The second-order valence-corrected chi connectivity index (χ2v) is 5.45. The maximum absolute atomic E-state index is 9.39. The van der Waals surface area contributed by atoms with Crippen LogP contribution in [0.5, 0.6) is 0 Å². The molecule has 94 valence electrons. The van der Waals surface area contributed by atoms with Crippen molar-refractivity contribution in [1.29, 1.82) is 0 Å². The molecule has 0 aliphatic rings. The van der Waals surface area contributed by atoms with E-state index in [1.54, 1.807) is 0 Å². The number of halogens is 3. The summed E-state index contributed by atoms with van der Waals surface area (Å²) in [5, 5.41) is 8.01. The largest absolute Gasteiger partial charge is 0.745 e. The molecular formula is C2H11Cl3N2O6P2+2. The van der Waals surface area contributed by atoms with Crippen LogP contribution in [0.1, 0.15) is 0 Å². The van der Waals surface area contributed by atoms with Gasteiger partial charge in [-0.2, -0.15) is 0 Å². The SMILES string of the molecule is N.N.O=[P+](O)O[P+](=O)O.OCC(Cl)(Cl)Cl. The third kappa shape index (κ3) is 39.8. The molecule has 0 saturated heterocycles. The number of aliphatic hydroxyl groups excluding tert-OH is 1. The van der Waals surface area contributed by atoms with E-state index in [-0.39, 0.29) is 12.3 Å². The average molecular weight is 327 g/mol. The van der Waals surface area contributed by atoms with E-state index in [0.29, 0.717) is 0 Å². The van der Waals surface area contributed by atoms with Crippen LogP contribution in [0, 0.1) is 0 Å². The van der Waals surface area contributed by atoms with Crippen LogP contribution in [0.2, 0.25) is 0 Å². The molecule has 0 rings (SSSR count). The Morgan fingerprint density at radius 3 is 1.27 bits per heavy atom. The van der Waals surface area contributed by atoms with Crippen molar-refractivity contribution in [1.82, 2.24) is 12.3 Å². The van der Waals surface area contributed by atoms with E-state index in [2.05, 4.69) is 4.31 Å². The van der Waals surface area contributed by atoms with E-state index < -0.39 is 26.9 Å². The summed E-state index contributed by atoms with van der Waals surface area (Å²) < 4.78 is 20.7. The van der Waals surface area contributed by atoms with Crippen LogP contribution >= 0.6 is 51.3 Å². The number of hydrogen-bond acceptors (Lipinski definition) is 6. The molecule has 2 atom stereocenters. The lowest BCUT2D eigenvalue weighted by atomic mass is 10.9. The highest BCUT2D eigenvalue weighted by Gasteiger charge is 2.31. The molecule has 0 aliphatic carbocycles. The Morgan fingerprint density at radius 1 is 1.07 bits per heavy atom. The highest BCUT2D eigenvalue weighted by Crippen LogP contribution is 2.30. The van der Waals surface area contributed by atoms with Gasteiger partial charge in [-0.1, -0.05) is 34.8 Å². The fourth-order valence-electron chi connectivity index (χ4n) is 0.0598. The van der Waals surface area contributed by atoms with Gasteiger partial charge in [0.2, 0.25) is 3.79 Å². The second kappa shape index (κ2) is 12.9. The fraction of sp³-hybridized carbons (Fsp3) is 1.00. The zero-order valence-electron chi connectivity index (χ0n) is 7.22. The molecule has 0 aromatic carbocycles. The first-order valence-corrected chi connectivity index (χ1v) is 5.76. The van der Waals surface area contributed by atoms with Crippen molar-refractivity contribution in [3.8, 4) is 0 Å². The molecule has 0 aromatic heterocycles. The molecule has 0 amide bonds. The fourth-order valence-corrected chi connectivity index (χ4v) is 0.538. The van der Waals surface area contributed by atoms with Crippen molar-refractivity contribution in [2.24, 2.45) is 0 Å². The van der Waals surface area contributed by atoms with Gasteiger partial charge in [-0.25, -0.2) is 0 Å². The molecule has 0 heterocycles. The van der Waals surface area contributed by atoms with Gasteiger partial charge in [0.05, 0.1) is 6.61 Å². The molecule has 0 aromatic rings. The smallest absolute Gasteiger partial charge is 0.392 e. The van der Waals surface area contributed by atoms with E-state index in [0.717, 1.165) is 0 Å². The third-order valence-electron chi connectivity index (χ3n) is 0.319. The normalized spacial score (nSPS) is 11.1. The third-order valence-corrected chi connectivity index (χ3v) is 1.80. The van der Waals surface area contributed by atoms with Crippen LogP contribution in [0.3, 0.4) is 0 Å². The summed E-state index contributed by atoms with van der Waals surface area (Å²) in [6.45, 7) is -0.433. The molecule has 0 radical (unpaired) electrons. The Morgan fingerprint density at radius 2 is 1.27 bits per heavy atom. The van der Waals surface area contributed by atoms with E-state index in [1.807, 2.05) is 0 Å².